The molecule has 2 fully saturated rings. The molecule has 0 aromatic carbocycles. The first-order chi connectivity index (χ1) is 16.5. The van der Waals surface area contributed by atoms with Crippen LogP contribution in [0.2, 0.25) is 0 Å². The van der Waals surface area contributed by atoms with E-state index in [1.807, 2.05) is 25.1 Å². The molecule has 6 rings (SSSR count). The predicted molar refractivity (Wildman–Crippen MR) is 127 cm³/mol. The molecule has 0 aliphatic carbocycles. The van der Waals surface area contributed by atoms with Crippen LogP contribution in [0.15, 0.2) is 47.9 Å². The lowest BCUT2D eigenvalue weighted by molar-refractivity contribution is 0.235. The fraction of sp³-hybridized carbons (Fsp3) is 0.364. The Bertz CT molecular complexity index is 1420. The Morgan fingerprint density at radius 2 is 1.91 bits per heavy atom. The number of aromatic nitrogens is 6. The number of sulfonamides is 1. The third-order valence-corrected chi connectivity index (χ3v) is 8.63. The molecule has 0 unspecified atom stereocenters. The Balaban J connectivity index is 1.20. The minimum absolute atomic E-state index is 0.0181. The van der Waals surface area contributed by atoms with E-state index in [1.165, 1.54) is 12.4 Å². The van der Waals surface area contributed by atoms with E-state index in [2.05, 4.69) is 41.0 Å². The van der Waals surface area contributed by atoms with Crippen LogP contribution in [0.25, 0.3) is 10.9 Å². The molecular weight excluding hydrogens is 454 g/mol. The Morgan fingerprint density at radius 3 is 2.62 bits per heavy atom. The topological polar surface area (TPSA) is 145 Å². The summed E-state index contributed by atoms with van der Waals surface area (Å²) in [5.41, 5.74) is 2.73. The van der Waals surface area contributed by atoms with Crippen LogP contribution in [0.3, 0.4) is 0 Å². The maximum absolute atomic E-state index is 13.1. The monoisotopic (exact) mass is 479 g/mol. The fourth-order valence-electron chi connectivity index (χ4n) is 5.21. The summed E-state index contributed by atoms with van der Waals surface area (Å²) in [6, 6.07) is 5.89. The molecule has 6 heterocycles. The minimum Gasteiger partial charge on any atom is -0.382 e. The van der Waals surface area contributed by atoms with Crippen LogP contribution in [0.5, 0.6) is 0 Å². The highest BCUT2D eigenvalue weighted by molar-refractivity contribution is 7.89. The van der Waals surface area contributed by atoms with E-state index in [0.717, 1.165) is 48.0 Å². The number of nitrogens with one attached hydrogen (secondary N) is 4. The maximum atomic E-state index is 13.1. The molecule has 34 heavy (non-hydrogen) atoms. The average Bonchev–Trinajstić information content (AvgIpc) is 3.55. The molecule has 0 saturated carbocycles. The molecule has 12 heteroatoms. The van der Waals surface area contributed by atoms with Gasteiger partial charge in [0, 0.05) is 65.6 Å². The van der Waals surface area contributed by atoms with Crippen LogP contribution in [-0.2, 0) is 10.0 Å². The molecule has 2 saturated heterocycles. The van der Waals surface area contributed by atoms with Gasteiger partial charge in [-0.15, -0.1) is 0 Å². The molecule has 2 bridgehead atoms. The van der Waals surface area contributed by atoms with E-state index >= 15 is 0 Å². The van der Waals surface area contributed by atoms with Gasteiger partial charge in [0.15, 0.2) is 5.82 Å². The zero-order valence-corrected chi connectivity index (χ0v) is 19.4. The number of aromatic amines is 2. The first kappa shape index (κ1) is 21.1. The Kier molecular flexibility index (Phi) is 4.99. The van der Waals surface area contributed by atoms with Gasteiger partial charge < -0.3 is 10.6 Å². The summed E-state index contributed by atoms with van der Waals surface area (Å²) in [4.78, 5) is 9.28. The lowest BCUT2D eigenvalue weighted by Crippen LogP contribution is -2.49. The molecule has 0 radical (unpaired) electrons. The Labute approximate surface area is 196 Å². The predicted octanol–water partition coefficient (Wildman–Crippen LogP) is 2.92. The van der Waals surface area contributed by atoms with E-state index < -0.39 is 10.0 Å². The lowest BCUT2D eigenvalue weighted by Gasteiger charge is -2.38. The Morgan fingerprint density at radius 1 is 1.09 bits per heavy atom. The van der Waals surface area contributed by atoms with Gasteiger partial charge in [-0.2, -0.15) is 14.5 Å². The number of fused-ring (bicyclic) bond motifs is 3. The normalized spacial score (nSPS) is 22.8. The van der Waals surface area contributed by atoms with Crippen LogP contribution in [0.4, 0.5) is 17.3 Å². The largest absolute Gasteiger partial charge is 0.382 e. The van der Waals surface area contributed by atoms with E-state index in [-0.39, 0.29) is 23.0 Å². The standard InChI is InChI=1S/C22H25N9O2S/c1-13-6-22(30-29-13)28-21-9-20-18(12-24-21)19(4-5-23-20)27-14-7-15-2-3-16(8-14)31(15)34(32,33)17-10-25-26-11-17/h4-6,9-12,14-16H,2-3,7-8H2,1H3,(H,23,27)(H,25,26)(H2,24,28,29,30)/t15-,16-/m0/s1. The number of aryl methyl sites for hydroxylation is 1. The summed E-state index contributed by atoms with van der Waals surface area (Å²) in [6.45, 7) is 1.94. The van der Waals surface area contributed by atoms with Crippen molar-refractivity contribution in [2.24, 2.45) is 0 Å². The van der Waals surface area contributed by atoms with Crippen LogP contribution in [0.1, 0.15) is 31.4 Å². The van der Waals surface area contributed by atoms with Crippen molar-refractivity contribution in [3.05, 3.63) is 48.7 Å². The quantitative estimate of drug-likeness (QED) is 0.330. The van der Waals surface area contributed by atoms with Crippen molar-refractivity contribution < 1.29 is 8.42 Å². The highest BCUT2D eigenvalue weighted by atomic mass is 32.2. The van der Waals surface area contributed by atoms with Crippen molar-refractivity contribution in [1.29, 1.82) is 0 Å². The van der Waals surface area contributed by atoms with Crippen molar-refractivity contribution in [1.82, 2.24) is 34.7 Å². The van der Waals surface area contributed by atoms with Crippen molar-refractivity contribution >= 4 is 38.2 Å². The van der Waals surface area contributed by atoms with Gasteiger partial charge in [-0.1, -0.05) is 0 Å². The summed E-state index contributed by atoms with van der Waals surface area (Å²) in [6.07, 6.45) is 9.67. The number of anilines is 3. The number of hydrogen-bond donors (Lipinski definition) is 4. The summed E-state index contributed by atoms with van der Waals surface area (Å²) in [5.74, 6) is 1.37. The number of nitrogens with zero attached hydrogens (tertiary/aromatic N) is 5. The summed E-state index contributed by atoms with van der Waals surface area (Å²) < 4.78 is 28.0. The minimum atomic E-state index is -3.54. The number of pyridine rings is 2. The van der Waals surface area contributed by atoms with Crippen LogP contribution in [0, 0.1) is 6.92 Å². The zero-order valence-electron chi connectivity index (χ0n) is 18.6. The van der Waals surface area contributed by atoms with Crippen molar-refractivity contribution in [2.45, 2.75) is 55.6 Å². The first-order valence-corrected chi connectivity index (χ1v) is 12.7. The first-order valence-electron chi connectivity index (χ1n) is 11.3. The SMILES string of the molecule is Cc1cc(Nc2cc3nccc(NC4C[C@@H]5CC[C@@H](C4)N5S(=O)(=O)c4cn[nH]c4)c3cn2)n[nH]1. The molecule has 4 aromatic rings. The van der Waals surface area contributed by atoms with Gasteiger partial charge in [0.2, 0.25) is 10.0 Å². The van der Waals surface area contributed by atoms with E-state index in [0.29, 0.717) is 11.6 Å². The summed E-state index contributed by atoms with van der Waals surface area (Å²) >= 11 is 0. The molecule has 2 aliphatic heterocycles. The van der Waals surface area contributed by atoms with Gasteiger partial charge in [0.1, 0.15) is 10.7 Å². The molecule has 0 amide bonds. The van der Waals surface area contributed by atoms with E-state index in [4.69, 9.17) is 0 Å². The number of hydrogen-bond acceptors (Lipinski definition) is 8. The van der Waals surface area contributed by atoms with Crippen LogP contribution >= 0.6 is 0 Å². The average molecular weight is 480 g/mol. The molecule has 4 N–H and O–H groups in total. The summed E-state index contributed by atoms with van der Waals surface area (Å²) in [7, 11) is -3.54. The third-order valence-electron chi connectivity index (χ3n) is 6.66. The second-order valence-corrected chi connectivity index (χ2v) is 10.8. The number of rotatable bonds is 6. The van der Waals surface area contributed by atoms with Crippen molar-refractivity contribution in [3.8, 4) is 0 Å². The van der Waals surface area contributed by atoms with Gasteiger partial charge in [0.25, 0.3) is 0 Å². The van der Waals surface area contributed by atoms with Crippen LogP contribution in [-0.4, -0.2) is 61.2 Å². The second-order valence-electron chi connectivity index (χ2n) is 8.97. The molecule has 4 aromatic heterocycles. The highest BCUT2D eigenvalue weighted by Gasteiger charge is 2.47. The lowest BCUT2D eigenvalue weighted by atomic mass is 9.99. The maximum Gasteiger partial charge on any atom is 0.246 e. The van der Waals surface area contributed by atoms with Gasteiger partial charge in [-0.25, -0.2) is 13.4 Å². The summed E-state index contributed by atoms with van der Waals surface area (Å²) in [5, 5.41) is 21.3. The van der Waals surface area contributed by atoms with Gasteiger partial charge in [0.05, 0.1) is 11.7 Å². The molecular formula is C22H25N9O2S. The number of H-pyrrole nitrogens is 2. The van der Waals surface area contributed by atoms with Gasteiger partial charge in [-0.05, 0) is 38.7 Å². The van der Waals surface area contributed by atoms with Gasteiger partial charge in [-0.3, -0.25) is 15.2 Å². The van der Waals surface area contributed by atoms with Gasteiger partial charge >= 0.3 is 0 Å². The van der Waals surface area contributed by atoms with E-state index in [1.54, 1.807) is 16.7 Å². The van der Waals surface area contributed by atoms with Crippen molar-refractivity contribution in [3.63, 3.8) is 0 Å². The van der Waals surface area contributed by atoms with Crippen LogP contribution < -0.4 is 10.6 Å². The molecule has 2 atom stereocenters. The smallest absolute Gasteiger partial charge is 0.246 e. The van der Waals surface area contributed by atoms with E-state index in [9.17, 15) is 8.42 Å². The molecule has 11 nitrogen and oxygen atoms in total. The second kappa shape index (κ2) is 8.06. The highest BCUT2D eigenvalue weighted by Crippen LogP contribution is 2.41. The Hall–Kier alpha value is -3.51. The molecule has 2 aliphatic rings. The molecule has 0 spiro atoms. The van der Waals surface area contributed by atoms with Crippen molar-refractivity contribution in [2.75, 3.05) is 10.6 Å². The fourth-order valence-corrected chi connectivity index (χ4v) is 7.01. The number of piperidine rings is 1. The molecule has 176 valence electrons. The zero-order chi connectivity index (χ0) is 23.3. The third kappa shape index (κ3) is 3.68.